The molecule has 0 fully saturated rings. The maximum atomic E-state index is 2.52. The smallest absolute Gasteiger partial charge is 0.0714 e. The zero-order valence-corrected chi connectivity index (χ0v) is 56.2. The van der Waals surface area contributed by atoms with Crippen LogP contribution in [0.2, 0.25) is 0 Å². The molecule has 0 spiro atoms. The normalized spacial score (nSPS) is 13.0. The Morgan fingerprint density at radius 3 is 1.08 bits per heavy atom. The maximum Gasteiger partial charge on any atom is 0.0714 e. The summed E-state index contributed by atoms with van der Waals surface area (Å²) in [6, 6.07) is 143. The zero-order valence-electron chi connectivity index (χ0n) is 56.2. The third-order valence-electron chi connectivity index (χ3n) is 21.6. The fourth-order valence-corrected chi connectivity index (χ4v) is 17.2. The molecule has 2 aliphatic rings. The molecule has 3 nitrogen and oxygen atoms in total. The van der Waals surface area contributed by atoms with Crippen molar-refractivity contribution >= 4 is 66.7 Å². The second kappa shape index (κ2) is 24.0. The second-order valence-corrected chi connectivity index (χ2v) is 27.3. The van der Waals surface area contributed by atoms with E-state index in [1.54, 1.807) is 0 Å². The first kappa shape index (κ1) is 59.4. The van der Waals surface area contributed by atoms with Crippen LogP contribution in [-0.2, 0) is 10.8 Å². The number of benzene rings is 16. The van der Waals surface area contributed by atoms with Crippen LogP contribution < -0.4 is 9.80 Å². The number of fused-ring (bicyclic) bond motifs is 10. The van der Waals surface area contributed by atoms with E-state index in [-0.39, 0.29) is 0 Å². The quantitative estimate of drug-likeness (QED) is 0.114. The van der Waals surface area contributed by atoms with Crippen molar-refractivity contribution in [2.75, 3.05) is 9.80 Å². The fourth-order valence-electron chi connectivity index (χ4n) is 17.2. The lowest BCUT2D eigenvalue weighted by Gasteiger charge is -2.36. The molecule has 1 aromatic heterocycles. The molecule has 0 unspecified atom stereocenters. The van der Waals surface area contributed by atoms with Crippen molar-refractivity contribution in [2.45, 2.75) is 24.7 Å². The molecule has 101 heavy (non-hydrogen) atoms. The zero-order chi connectivity index (χ0) is 67.2. The summed E-state index contributed by atoms with van der Waals surface area (Å²) in [5, 5.41) is 4.80. The standard InChI is InChI=1S/C98H69N3/c1-66-40-54-84-86-56-52-81(64-92(86)97(90(84)60-66,73-28-11-4-12-29-73)74-30-13-5-14-31-74)99(82-53-57-87-85-55-41-67(2)61-91(85)98(93(87)65-82,75-32-15-6-16-33-75)76-34-17-7-18-35-76)78-46-42-69(43-47-78)72-45-59-96-89(63-72)88-62-71(68-24-9-3-10-25-68)44-58-95(88)101(96)80-50-48-79(49-51-80)100(77-36-19-8-20-37-77)94-39-23-27-70-26-21-22-38-83(70)94/h3-65H,1-2H3. The van der Waals surface area contributed by atoms with Gasteiger partial charge in [-0.3, -0.25) is 0 Å². The topological polar surface area (TPSA) is 11.4 Å². The Labute approximate surface area is 590 Å². The number of nitrogens with zero attached hydrogens (tertiary/aromatic N) is 3. The molecular formula is C98H69N3. The van der Waals surface area contributed by atoms with Crippen molar-refractivity contribution in [1.29, 1.82) is 0 Å². The number of aryl methyl sites for hydroxylation is 2. The molecule has 0 atom stereocenters. The van der Waals surface area contributed by atoms with Gasteiger partial charge in [-0.2, -0.15) is 0 Å². The van der Waals surface area contributed by atoms with Crippen LogP contribution >= 0.6 is 0 Å². The molecule has 476 valence electrons. The van der Waals surface area contributed by atoms with Crippen LogP contribution in [0.25, 0.3) is 82.8 Å². The van der Waals surface area contributed by atoms with Crippen LogP contribution in [0.15, 0.2) is 382 Å². The summed E-state index contributed by atoms with van der Waals surface area (Å²) >= 11 is 0. The van der Waals surface area contributed by atoms with Gasteiger partial charge in [0.1, 0.15) is 0 Å². The van der Waals surface area contributed by atoms with Gasteiger partial charge >= 0.3 is 0 Å². The Morgan fingerprint density at radius 2 is 0.594 bits per heavy atom. The van der Waals surface area contributed by atoms with Crippen LogP contribution in [-0.4, -0.2) is 4.57 Å². The molecule has 17 aromatic rings. The molecular weight excluding hydrogens is 1220 g/mol. The number of aromatic nitrogens is 1. The third kappa shape index (κ3) is 9.49. The molecule has 19 rings (SSSR count). The van der Waals surface area contributed by atoms with Gasteiger partial charge in [0.25, 0.3) is 0 Å². The highest BCUT2D eigenvalue weighted by Gasteiger charge is 2.48. The van der Waals surface area contributed by atoms with Crippen molar-refractivity contribution in [3.8, 4) is 50.2 Å². The minimum Gasteiger partial charge on any atom is -0.310 e. The van der Waals surface area contributed by atoms with Crippen molar-refractivity contribution < 1.29 is 0 Å². The van der Waals surface area contributed by atoms with E-state index < -0.39 is 10.8 Å². The van der Waals surface area contributed by atoms with Gasteiger partial charge in [-0.25, -0.2) is 0 Å². The Kier molecular flexibility index (Phi) is 14.1. The van der Waals surface area contributed by atoms with E-state index in [1.165, 1.54) is 111 Å². The van der Waals surface area contributed by atoms with Crippen molar-refractivity contribution in [3.05, 3.63) is 438 Å². The highest BCUT2D eigenvalue weighted by Crippen LogP contribution is 2.60. The molecule has 1 heterocycles. The summed E-state index contributed by atoms with van der Waals surface area (Å²) < 4.78 is 2.44. The molecule has 16 aromatic carbocycles. The van der Waals surface area contributed by atoms with Gasteiger partial charge in [-0.1, -0.05) is 290 Å². The highest BCUT2D eigenvalue weighted by atomic mass is 15.1. The number of hydrogen-bond donors (Lipinski definition) is 0. The molecule has 0 saturated carbocycles. The van der Waals surface area contributed by atoms with Gasteiger partial charge in [-0.05, 0) is 211 Å². The average molecular weight is 1290 g/mol. The van der Waals surface area contributed by atoms with E-state index in [2.05, 4.69) is 410 Å². The van der Waals surface area contributed by atoms with Gasteiger partial charge in [0.05, 0.1) is 27.6 Å². The summed E-state index contributed by atoms with van der Waals surface area (Å²) in [5.41, 5.74) is 30.9. The first-order valence-corrected chi connectivity index (χ1v) is 35.1. The Hall–Kier alpha value is -12.8. The van der Waals surface area contributed by atoms with Crippen LogP contribution in [0.3, 0.4) is 0 Å². The van der Waals surface area contributed by atoms with Gasteiger partial charge < -0.3 is 14.4 Å². The minimum absolute atomic E-state index is 0.604. The predicted molar refractivity (Wildman–Crippen MR) is 423 cm³/mol. The lowest BCUT2D eigenvalue weighted by atomic mass is 9.67. The van der Waals surface area contributed by atoms with Gasteiger partial charge in [0.15, 0.2) is 0 Å². The summed E-state index contributed by atoms with van der Waals surface area (Å²) in [7, 11) is 0. The van der Waals surface area contributed by atoms with Crippen molar-refractivity contribution in [3.63, 3.8) is 0 Å². The van der Waals surface area contributed by atoms with Crippen LogP contribution in [0.1, 0.15) is 55.6 Å². The van der Waals surface area contributed by atoms with Gasteiger partial charge in [0.2, 0.25) is 0 Å². The third-order valence-corrected chi connectivity index (χ3v) is 21.6. The van der Waals surface area contributed by atoms with Gasteiger partial charge in [0, 0.05) is 50.3 Å². The maximum absolute atomic E-state index is 2.52. The lowest BCUT2D eigenvalue weighted by Crippen LogP contribution is -2.29. The Bertz CT molecular complexity index is 5730. The number of hydrogen-bond acceptors (Lipinski definition) is 2. The molecule has 0 saturated heterocycles. The summed E-state index contributed by atoms with van der Waals surface area (Å²) in [6.07, 6.45) is 0. The van der Waals surface area contributed by atoms with E-state index in [9.17, 15) is 0 Å². The monoisotopic (exact) mass is 1290 g/mol. The molecule has 0 N–H and O–H groups in total. The largest absolute Gasteiger partial charge is 0.310 e. The summed E-state index contributed by atoms with van der Waals surface area (Å²) in [6.45, 7) is 4.45. The molecule has 3 heteroatoms. The number of rotatable bonds is 13. The van der Waals surface area contributed by atoms with Gasteiger partial charge in [-0.15, -0.1) is 0 Å². The molecule has 0 bridgehead atoms. The number of anilines is 6. The molecule has 0 radical (unpaired) electrons. The van der Waals surface area contributed by atoms with E-state index in [0.29, 0.717) is 0 Å². The van der Waals surface area contributed by atoms with E-state index in [1.807, 2.05) is 0 Å². The van der Waals surface area contributed by atoms with Crippen molar-refractivity contribution in [2.24, 2.45) is 0 Å². The predicted octanol–water partition coefficient (Wildman–Crippen LogP) is 25.6. The lowest BCUT2D eigenvalue weighted by molar-refractivity contribution is 0.766. The van der Waals surface area contributed by atoms with E-state index in [4.69, 9.17) is 0 Å². The average Bonchev–Trinajstić information content (AvgIpc) is 1.55. The molecule has 2 aliphatic carbocycles. The van der Waals surface area contributed by atoms with Crippen LogP contribution in [0, 0.1) is 13.8 Å². The Morgan fingerprint density at radius 1 is 0.238 bits per heavy atom. The first-order chi connectivity index (χ1) is 49.9. The molecule has 0 aliphatic heterocycles. The SMILES string of the molecule is Cc1ccc2c(c1)C(c1ccccc1)(c1ccccc1)c1cc(N(c3ccc(-c4ccc5c(c4)c4cc(-c6ccccc6)ccc4n5-c4ccc(N(c5ccccc5)c5cccc6ccccc56)cc4)cc3)c3ccc4c(c3)C(c3ccccc3)(c3ccccc3)c3cc(C)ccc3-4)ccc1-2. The Balaban J connectivity index is 0.784. The fraction of sp³-hybridized carbons (Fsp3) is 0.0408. The second-order valence-electron chi connectivity index (χ2n) is 27.3. The van der Waals surface area contributed by atoms with Crippen molar-refractivity contribution in [1.82, 2.24) is 4.57 Å². The minimum atomic E-state index is -0.604. The van der Waals surface area contributed by atoms with Crippen LogP contribution in [0.5, 0.6) is 0 Å². The summed E-state index contributed by atoms with van der Waals surface area (Å²) in [5.74, 6) is 0. The van der Waals surface area contributed by atoms with E-state index in [0.717, 1.165) is 62.0 Å². The van der Waals surface area contributed by atoms with Crippen LogP contribution in [0.4, 0.5) is 34.1 Å². The molecule has 0 amide bonds. The summed E-state index contributed by atoms with van der Waals surface area (Å²) in [4.78, 5) is 4.89. The van der Waals surface area contributed by atoms with E-state index >= 15 is 0 Å². The highest BCUT2D eigenvalue weighted by molar-refractivity contribution is 6.12. The number of para-hydroxylation sites is 1. The first-order valence-electron chi connectivity index (χ1n) is 35.1.